The van der Waals surface area contributed by atoms with Crippen molar-refractivity contribution in [2.75, 3.05) is 18.1 Å². The highest BCUT2D eigenvalue weighted by molar-refractivity contribution is 8.17. The summed E-state index contributed by atoms with van der Waals surface area (Å²) in [5, 5.41) is 56.6. The molecule has 5 unspecified atom stereocenters. The fourth-order valence-corrected chi connectivity index (χ4v) is 4.55. The molecule has 0 aliphatic carbocycles. The molecule has 6 N–H and O–H groups in total. The van der Waals surface area contributed by atoms with Gasteiger partial charge in [0.1, 0.15) is 30.5 Å². The van der Waals surface area contributed by atoms with Crippen LogP contribution in [0, 0.1) is 0 Å². The monoisotopic (exact) mass is 300 g/mol. The van der Waals surface area contributed by atoms with Crippen molar-refractivity contribution in [2.45, 2.75) is 41.5 Å². The van der Waals surface area contributed by atoms with Gasteiger partial charge in [-0.25, -0.2) is 0 Å². The maximum Gasteiger partial charge on any atom is 0.111 e. The first-order valence-electron chi connectivity index (χ1n) is 5.73. The Balaban J connectivity index is 2.53. The molecule has 0 spiro atoms. The van der Waals surface area contributed by atoms with Gasteiger partial charge in [-0.15, -0.1) is 23.5 Å². The summed E-state index contributed by atoms with van der Waals surface area (Å²) < 4.78 is -0.262. The van der Waals surface area contributed by atoms with Crippen LogP contribution < -0.4 is 0 Å². The van der Waals surface area contributed by atoms with Crippen LogP contribution in [0.5, 0.6) is 0 Å². The summed E-state index contributed by atoms with van der Waals surface area (Å²) in [6.07, 6.45) is -6.68. The van der Waals surface area contributed by atoms with Crippen LogP contribution >= 0.6 is 23.5 Å². The van der Waals surface area contributed by atoms with Gasteiger partial charge in [0, 0.05) is 0 Å². The first-order valence-corrected chi connectivity index (χ1v) is 7.83. The normalized spacial score (nSPS) is 26.3. The molecular weight excluding hydrogens is 280 g/mol. The van der Waals surface area contributed by atoms with Gasteiger partial charge in [0.25, 0.3) is 0 Å². The molecule has 0 aromatic rings. The van der Waals surface area contributed by atoms with E-state index in [9.17, 15) is 25.5 Å². The van der Waals surface area contributed by atoms with Crippen molar-refractivity contribution in [3.05, 3.63) is 0 Å². The number of hydrogen-bond donors (Lipinski definition) is 6. The van der Waals surface area contributed by atoms with Gasteiger partial charge in [-0.1, -0.05) is 0 Å². The lowest BCUT2D eigenvalue weighted by atomic mass is 10.0. The molecule has 5 atom stereocenters. The first-order chi connectivity index (χ1) is 8.49. The van der Waals surface area contributed by atoms with E-state index in [4.69, 9.17) is 5.11 Å². The summed E-state index contributed by atoms with van der Waals surface area (Å²) in [6.45, 7) is -0.728. The number of aliphatic hydroxyl groups excluding tert-OH is 6. The fraction of sp³-hybridized carbons (Fsp3) is 1.00. The van der Waals surface area contributed by atoms with Crippen LogP contribution in [0.1, 0.15) is 6.42 Å². The zero-order chi connectivity index (χ0) is 13.7. The van der Waals surface area contributed by atoms with Crippen LogP contribution in [0.15, 0.2) is 0 Å². The van der Waals surface area contributed by atoms with Gasteiger partial charge in [-0.3, -0.25) is 0 Å². The highest BCUT2D eigenvalue weighted by Crippen LogP contribution is 2.34. The Morgan fingerprint density at radius 3 is 1.94 bits per heavy atom. The van der Waals surface area contributed by atoms with Crippen LogP contribution in [0.2, 0.25) is 0 Å². The highest BCUT2D eigenvalue weighted by Gasteiger charge is 2.38. The Labute approximate surface area is 114 Å². The molecule has 0 amide bonds. The van der Waals surface area contributed by atoms with Gasteiger partial charge >= 0.3 is 0 Å². The standard InChI is InChI=1S/C10H20O6S2/c11-4-5(12)6(13)7(14)8(15)9(16)10-17-2-1-3-18-10/h5-16H,1-4H2. The Morgan fingerprint density at radius 2 is 1.44 bits per heavy atom. The molecule has 1 aliphatic rings. The maximum atomic E-state index is 9.91. The molecule has 0 bridgehead atoms. The van der Waals surface area contributed by atoms with Crippen molar-refractivity contribution in [3.8, 4) is 0 Å². The predicted octanol–water partition coefficient (Wildman–Crippen LogP) is -2.02. The highest BCUT2D eigenvalue weighted by atomic mass is 32.2. The summed E-state index contributed by atoms with van der Waals surface area (Å²) >= 11 is 2.98. The van der Waals surface area contributed by atoms with Crippen LogP contribution in [-0.2, 0) is 0 Å². The lowest BCUT2D eigenvalue weighted by Gasteiger charge is -2.33. The lowest BCUT2D eigenvalue weighted by Crippen LogP contribution is -2.52. The van der Waals surface area contributed by atoms with E-state index in [2.05, 4.69) is 0 Å². The van der Waals surface area contributed by atoms with Crippen molar-refractivity contribution >= 4 is 23.5 Å². The van der Waals surface area contributed by atoms with Crippen LogP contribution in [0.4, 0.5) is 0 Å². The van der Waals surface area contributed by atoms with E-state index in [1.807, 2.05) is 0 Å². The summed E-state index contributed by atoms with van der Waals surface area (Å²) in [6, 6.07) is 0. The van der Waals surface area contributed by atoms with E-state index >= 15 is 0 Å². The molecule has 0 saturated carbocycles. The van der Waals surface area contributed by atoms with E-state index in [0.29, 0.717) is 0 Å². The van der Waals surface area contributed by atoms with E-state index in [-0.39, 0.29) is 4.58 Å². The summed E-state index contributed by atoms with van der Waals surface area (Å²) in [7, 11) is 0. The molecule has 8 heteroatoms. The molecule has 1 aliphatic heterocycles. The quantitative estimate of drug-likeness (QED) is 0.332. The zero-order valence-corrected chi connectivity index (χ0v) is 11.4. The second-order valence-electron chi connectivity index (χ2n) is 4.18. The van der Waals surface area contributed by atoms with Gasteiger partial charge in [0.2, 0.25) is 0 Å². The van der Waals surface area contributed by atoms with Crippen molar-refractivity contribution in [1.82, 2.24) is 0 Å². The Bertz CT molecular complexity index is 230. The molecule has 108 valence electrons. The summed E-state index contributed by atoms with van der Waals surface area (Å²) in [5.74, 6) is 1.75. The largest absolute Gasteiger partial charge is 0.394 e. The number of rotatable bonds is 6. The van der Waals surface area contributed by atoms with Crippen LogP contribution in [0.25, 0.3) is 0 Å². The van der Waals surface area contributed by atoms with Crippen molar-refractivity contribution < 1.29 is 30.6 Å². The van der Waals surface area contributed by atoms with Gasteiger partial charge in [0.15, 0.2) is 0 Å². The second-order valence-corrected chi connectivity index (χ2v) is 6.97. The lowest BCUT2D eigenvalue weighted by molar-refractivity contribution is -0.137. The minimum atomic E-state index is -1.70. The molecule has 0 aromatic heterocycles. The Morgan fingerprint density at radius 1 is 0.889 bits per heavy atom. The molecule has 1 fully saturated rings. The second kappa shape index (κ2) is 7.91. The van der Waals surface area contributed by atoms with Gasteiger partial charge in [-0.05, 0) is 17.9 Å². The molecular formula is C10H20O6S2. The first kappa shape index (κ1) is 16.5. The third kappa shape index (κ3) is 4.24. The predicted molar refractivity (Wildman–Crippen MR) is 70.4 cm³/mol. The fourth-order valence-electron chi connectivity index (χ4n) is 1.60. The van der Waals surface area contributed by atoms with Crippen LogP contribution in [-0.4, -0.2) is 83.9 Å². The summed E-state index contributed by atoms with van der Waals surface area (Å²) in [5.41, 5.74) is 0. The van der Waals surface area contributed by atoms with Crippen molar-refractivity contribution in [1.29, 1.82) is 0 Å². The molecule has 1 saturated heterocycles. The smallest absolute Gasteiger partial charge is 0.111 e. The van der Waals surface area contributed by atoms with Gasteiger partial charge in [0.05, 0.1) is 11.2 Å². The van der Waals surface area contributed by atoms with E-state index in [1.165, 1.54) is 23.5 Å². The maximum absolute atomic E-state index is 9.91. The Kier molecular flexibility index (Phi) is 7.25. The molecule has 1 rings (SSSR count). The third-order valence-corrected chi connectivity index (χ3v) is 5.84. The minimum Gasteiger partial charge on any atom is -0.394 e. The van der Waals surface area contributed by atoms with E-state index < -0.39 is 37.1 Å². The van der Waals surface area contributed by atoms with Gasteiger partial charge < -0.3 is 30.6 Å². The number of thioether (sulfide) groups is 2. The number of aliphatic hydroxyl groups is 6. The average molecular weight is 300 g/mol. The number of hydrogen-bond acceptors (Lipinski definition) is 8. The third-order valence-electron chi connectivity index (χ3n) is 2.76. The zero-order valence-electron chi connectivity index (χ0n) is 9.79. The van der Waals surface area contributed by atoms with Crippen LogP contribution in [0.3, 0.4) is 0 Å². The SMILES string of the molecule is OCC(O)C(O)C(O)C(O)C(O)C1SCCCS1. The van der Waals surface area contributed by atoms with Crippen molar-refractivity contribution in [3.63, 3.8) is 0 Å². The Hall–Kier alpha value is 0.460. The van der Waals surface area contributed by atoms with Crippen molar-refractivity contribution in [2.24, 2.45) is 0 Å². The van der Waals surface area contributed by atoms with Gasteiger partial charge in [-0.2, -0.15) is 0 Å². The summed E-state index contributed by atoms with van der Waals surface area (Å²) in [4.78, 5) is 0. The minimum absolute atomic E-state index is 0.262. The average Bonchev–Trinajstić information content (AvgIpc) is 2.44. The van der Waals surface area contributed by atoms with E-state index in [0.717, 1.165) is 17.9 Å². The molecule has 18 heavy (non-hydrogen) atoms. The van der Waals surface area contributed by atoms with E-state index in [1.54, 1.807) is 0 Å². The molecule has 0 radical (unpaired) electrons. The molecule has 0 aromatic carbocycles. The molecule has 1 heterocycles. The molecule has 6 nitrogen and oxygen atoms in total. The topological polar surface area (TPSA) is 121 Å².